The van der Waals surface area contributed by atoms with Crippen molar-refractivity contribution in [1.29, 1.82) is 0 Å². The van der Waals surface area contributed by atoms with Crippen LogP contribution in [0.2, 0.25) is 0 Å². The normalized spacial score (nSPS) is 20.0. The molecule has 3 nitrogen and oxygen atoms in total. The summed E-state index contributed by atoms with van der Waals surface area (Å²) < 4.78 is 0. The van der Waals surface area contributed by atoms with E-state index in [4.69, 9.17) is 5.73 Å². The van der Waals surface area contributed by atoms with E-state index in [1.807, 2.05) is 18.9 Å². The number of hydrogen-bond acceptors (Lipinski definition) is 2. The summed E-state index contributed by atoms with van der Waals surface area (Å²) in [4.78, 5) is 14.0. The Kier molecular flexibility index (Phi) is 6.34. The summed E-state index contributed by atoms with van der Waals surface area (Å²) >= 11 is 0. The molecule has 1 unspecified atom stereocenters. The molecular formula is C12H25ClN2O. The van der Waals surface area contributed by atoms with E-state index in [0.717, 1.165) is 25.7 Å². The van der Waals surface area contributed by atoms with Crippen LogP contribution in [0.3, 0.4) is 0 Å². The Morgan fingerprint density at radius 3 is 2.38 bits per heavy atom. The Hall–Kier alpha value is -0.280. The van der Waals surface area contributed by atoms with Gasteiger partial charge in [0.25, 0.3) is 0 Å². The van der Waals surface area contributed by atoms with Crippen molar-refractivity contribution >= 4 is 18.3 Å². The van der Waals surface area contributed by atoms with Crippen LogP contribution >= 0.6 is 12.4 Å². The molecule has 1 amide bonds. The molecule has 1 saturated carbocycles. The molecule has 1 atom stereocenters. The minimum atomic E-state index is -0.675. The zero-order valence-corrected chi connectivity index (χ0v) is 11.5. The predicted octanol–water partition coefficient (Wildman–Crippen LogP) is 2.33. The first-order valence-electron chi connectivity index (χ1n) is 6.05. The van der Waals surface area contributed by atoms with E-state index >= 15 is 0 Å². The predicted molar refractivity (Wildman–Crippen MR) is 69.8 cm³/mol. The zero-order valence-electron chi connectivity index (χ0n) is 10.7. The fourth-order valence-corrected chi connectivity index (χ4v) is 2.49. The summed E-state index contributed by atoms with van der Waals surface area (Å²) in [6.07, 6.45) is 6.50. The molecule has 1 aliphatic carbocycles. The Labute approximate surface area is 105 Å². The van der Waals surface area contributed by atoms with Crippen LogP contribution in [-0.4, -0.2) is 29.4 Å². The van der Waals surface area contributed by atoms with Crippen LogP contribution in [-0.2, 0) is 4.79 Å². The van der Waals surface area contributed by atoms with Crippen molar-refractivity contribution in [2.24, 2.45) is 5.73 Å². The lowest BCUT2D eigenvalue weighted by molar-refractivity contribution is -0.137. The minimum absolute atomic E-state index is 0. The largest absolute Gasteiger partial charge is 0.341 e. The third kappa shape index (κ3) is 3.63. The van der Waals surface area contributed by atoms with Crippen LogP contribution in [0.4, 0.5) is 0 Å². The number of nitrogens with zero attached hydrogens (tertiary/aromatic N) is 1. The standard InChI is InChI=1S/C12H24N2O.ClH/c1-4-9-12(2,13)11(15)14(3)10-7-5-6-8-10;/h10H,4-9,13H2,1-3H3;1H. The molecule has 0 aromatic heterocycles. The lowest BCUT2D eigenvalue weighted by Crippen LogP contribution is -2.54. The highest BCUT2D eigenvalue weighted by Gasteiger charge is 2.33. The van der Waals surface area contributed by atoms with E-state index in [1.165, 1.54) is 12.8 Å². The number of hydrogen-bond donors (Lipinski definition) is 1. The summed E-state index contributed by atoms with van der Waals surface area (Å²) in [5.41, 5.74) is 5.37. The van der Waals surface area contributed by atoms with Gasteiger partial charge in [0.2, 0.25) is 5.91 Å². The van der Waals surface area contributed by atoms with Gasteiger partial charge in [0.1, 0.15) is 0 Å². The van der Waals surface area contributed by atoms with Crippen molar-refractivity contribution in [3.63, 3.8) is 0 Å². The molecule has 1 rings (SSSR count). The summed E-state index contributed by atoms with van der Waals surface area (Å²) in [7, 11) is 1.90. The van der Waals surface area contributed by atoms with Crippen LogP contribution in [0.25, 0.3) is 0 Å². The van der Waals surface area contributed by atoms with E-state index in [9.17, 15) is 4.79 Å². The summed E-state index contributed by atoms with van der Waals surface area (Å²) in [6, 6.07) is 0.428. The first-order chi connectivity index (χ1) is 6.99. The molecule has 96 valence electrons. The van der Waals surface area contributed by atoms with Gasteiger partial charge in [-0.15, -0.1) is 12.4 Å². The fourth-order valence-electron chi connectivity index (χ4n) is 2.49. The van der Waals surface area contributed by atoms with Crippen LogP contribution in [0.5, 0.6) is 0 Å². The second-order valence-corrected chi connectivity index (χ2v) is 5.02. The zero-order chi connectivity index (χ0) is 11.5. The second kappa shape index (κ2) is 6.45. The Morgan fingerprint density at radius 2 is 1.94 bits per heavy atom. The van der Waals surface area contributed by atoms with E-state index < -0.39 is 5.54 Å². The van der Waals surface area contributed by atoms with Gasteiger partial charge in [0, 0.05) is 13.1 Å². The average molecular weight is 249 g/mol. The van der Waals surface area contributed by atoms with Crippen molar-refractivity contribution < 1.29 is 4.79 Å². The maximum absolute atomic E-state index is 12.1. The van der Waals surface area contributed by atoms with Crippen molar-refractivity contribution in [3.05, 3.63) is 0 Å². The van der Waals surface area contributed by atoms with Gasteiger partial charge in [0.05, 0.1) is 5.54 Å². The number of rotatable bonds is 4. The topological polar surface area (TPSA) is 46.3 Å². The molecule has 0 aliphatic heterocycles. The second-order valence-electron chi connectivity index (χ2n) is 5.02. The quantitative estimate of drug-likeness (QED) is 0.830. The molecule has 0 spiro atoms. The first-order valence-corrected chi connectivity index (χ1v) is 6.05. The number of carbonyl (C=O) groups excluding carboxylic acids is 1. The molecule has 1 fully saturated rings. The third-order valence-corrected chi connectivity index (χ3v) is 3.45. The van der Waals surface area contributed by atoms with Crippen LogP contribution < -0.4 is 5.73 Å². The molecule has 0 heterocycles. The molecule has 0 aromatic rings. The number of halogens is 1. The van der Waals surface area contributed by atoms with Crippen molar-refractivity contribution in [1.82, 2.24) is 4.90 Å². The molecule has 16 heavy (non-hydrogen) atoms. The third-order valence-electron chi connectivity index (χ3n) is 3.45. The highest BCUT2D eigenvalue weighted by atomic mass is 35.5. The van der Waals surface area contributed by atoms with E-state index in [1.54, 1.807) is 0 Å². The van der Waals surface area contributed by atoms with Gasteiger partial charge < -0.3 is 10.6 Å². The molecule has 2 N–H and O–H groups in total. The molecule has 0 radical (unpaired) electrons. The van der Waals surface area contributed by atoms with Crippen molar-refractivity contribution in [2.75, 3.05) is 7.05 Å². The number of nitrogens with two attached hydrogens (primary N) is 1. The van der Waals surface area contributed by atoms with Gasteiger partial charge in [-0.05, 0) is 26.2 Å². The minimum Gasteiger partial charge on any atom is -0.341 e. The van der Waals surface area contributed by atoms with Crippen molar-refractivity contribution in [3.8, 4) is 0 Å². The van der Waals surface area contributed by atoms with Crippen LogP contribution in [0.1, 0.15) is 52.4 Å². The molecule has 0 bridgehead atoms. The summed E-state index contributed by atoms with van der Waals surface area (Å²) in [5.74, 6) is 0.108. The van der Waals surface area contributed by atoms with Gasteiger partial charge in [-0.2, -0.15) is 0 Å². The van der Waals surface area contributed by atoms with Gasteiger partial charge in [-0.3, -0.25) is 4.79 Å². The molecule has 0 aromatic carbocycles. The summed E-state index contributed by atoms with van der Waals surface area (Å²) in [5, 5.41) is 0. The van der Waals surface area contributed by atoms with Gasteiger partial charge in [0.15, 0.2) is 0 Å². The average Bonchev–Trinajstić information content (AvgIpc) is 2.68. The highest BCUT2D eigenvalue weighted by Crippen LogP contribution is 2.24. The Morgan fingerprint density at radius 1 is 1.44 bits per heavy atom. The monoisotopic (exact) mass is 248 g/mol. The number of carbonyl (C=O) groups is 1. The van der Waals surface area contributed by atoms with E-state index in [2.05, 4.69) is 6.92 Å². The van der Waals surface area contributed by atoms with Crippen LogP contribution in [0, 0.1) is 0 Å². The van der Waals surface area contributed by atoms with Gasteiger partial charge in [-0.25, -0.2) is 0 Å². The number of likely N-dealkylation sites (N-methyl/N-ethyl adjacent to an activating group) is 1. The number of amides is 1. The van der Waals surface area contributed by atoms with Crippen molar-refractivity contribution in [2.45, 2.75) is 64.0 Å². The summed E-state index contributed by atoms with van der Waals surface area (Å²) in [6.45, 7) is 3.91. The van der Waals surface area contributed by atoms with Gasteiger partial charge >= 0.3 is 0 Å². The lowest BCUT2D eigenvalue weighted by atomic mass is 9.95. The molecular weight excluding hydrogens is 224 g/mol. The Balaban J connectivity index is 0.00000225. The van der Waals surface area contributed by atoms with E-state index in [0.29, 0.717) is 6.04 Å². The lowest BCUT2D eigenvalue weighted by Gasteiger charge is -2.32. The fraction of sp³-hybridized carbons (Fsp3) is 0.917. The molecule has 0 saturated heterocycles. The molecule has 4 heteroatoms. The highest BCUT2D eigenvalue weighted by molar-refractivity contribution is 5.86. The van der Waals surface area contributed by atoms with Gasteiger partial charge in [-0.1, -0.05) is 26.2 Å². The Bertz CT molecular complexity index is 225. The maximum atomic E-state index is 12.1. The molecule has 1 aliphatic rings. The maximum Gasteiger partial charge on any atom is 0.242 e. The smallest absolute Gasteiger partial charge is 0.242 e. The SMILES string of the molecule is CCCC(C)(N)C(=O)N(C)C1CCCC1.Cl. The van der Waals surface area contributed by atoms with Crippen LogP contribution in [0.15, 0.2) is 0 Å². The van der Waals surface area contributed by atoms with E-state index in [-0.39, 0.29) is 18.3 Å². The first kappa shape index (κ1) is 15.7.